The molecule has 0 spiro atoms. The average molecular weight is 447 g/mol. The maximum atomic E-state index is 12.7. The van der Waals surface area contributed by atoms with Crippen LogP contribution in [-0.4, -0.2) is 26.4 Å². The molecule has 0 radical (unpaired) electrons. The van der Waals surface area contributed by atoms with E-state index in [0.29, 0.717) is 10.7 Å². The Morgan fingerprint density at radius 1 is 1.03 bits per heavy atom. The topological polar surface area (TPSA) is 107 Å². The smallest absolute Gasteiger partial charge is 0.343 e. The highest BCUT2D eigenvalue weighted by atomic mass is 35.5. The number of hydrogen-bond acceptors (Lipinski definition) is 6. The summed E-state index contributed by atoms with van der Waals surface area (Å²) in [7, 11) is -2.40. The monoisotopic (exact) mass is 446 g/mol. The van der Waals surface area contributed by atoms with Crippen LogP contribution in [-0.2, 0) is 10.0 Å². The lowest BCUT2D eigenvalue weighted by Gasteiger charge is -2.19. The van der Waals surface area contributed by atoms with Crippen LogP contribution in [0.25, 0.3) is 0 Å². The Labute approximate surface area is 177 Å². The number of sulfonamides is 1. The third-order valence-electron chi connectivity index (χ3n) is 4.18. The second kappa shape index (κ2) is 8.52. The van der Waals surface area contributed by atoms with E-state index in [9.17, 15) is 23.3 Å². The van der Waals surface area contributed by atoms with Crippen LogP contribution < -0.4 is 9.04 Å². The number of rotatable bonds is 6. The molecule has 3 aromatic rings. The van der Waals surface area contributed by atoms with Crippen molar-refractivity contribution in [3.05, 3.63) is 93.5 Å². The Hall–Kier alpha value is -3.43. The highest BCUT2D eigenvalue weighted by molar-refractivity contribution is 7.92. The number of carbonyl (C=O) groups is 1. The molecule has 0 fully saturated rings. The highest BCUT2D eigenvalue weighted by Crippen LogP contribution is 2.25. The second-order valence-corrected chi connectivity index (χ2v) is 8.52. The Morgan fingerprint density at radius 3 is 2.27 bits per heavy atom. The van der Waals surface area contributed by atoms with E-state index in [4.69, 9.17) is 16.3 Å². The molecule has 0 saturated carbocycles. The zero-order valence-electron chi connectivity index (χ0n) is 15.6. The van der Waals surface area contributed by atoms with Crippen molar-refractivity contribution in [2.75, 3.05) is 11.4 Å². The summed E-state index contributed by atoms with van der Waals surface area (Å²) in [5.41, 5.74) is 0.143. The summed E-state index contributed by atoms with van der Waals surface area (Å²) in [4.78, 5) is 22.5. The molecule has 3 rings (SSSR count). The summed E-state index contributed by atoms with van der Waals surface area (Å²) in [5.74, 6) is -0.610. The fourth-order valence-corrected chi connectivity index (χ4v) is 3.86. The first-order valence-electron chi connectivity index (χ1n) is 8.50. The fourth-order valence-electron chi connectivity index (χ4n) is 2.54. The molecule has 0 aliphatic rings. The first-order chi connectivity index (χ1) is 14.2. The molecule has 0 bridgehead atoms. The van der Waals surface area contributed by atoms with Crippen LogP contribution in [0.5, 0.6) is 5.75 Å². The van der Waals surface area contributed by atoms with Crippen molar-refractivity contribution < 1.29 is 22.9 Å². The predicted octanol–water partition coefficient (Wildman–Crippen LogP) is 4.29. The van der Waals surface area contributed by atoms with Crippen molar-refractivity contribution in [3.8, 4) is 5.75 Å². The number of ether oxygens (including phenoxy) is 1. The van der Waals surface area contributed by atoms with E-state index in [1.807, 2.05) is 0 Å². The molecule has 10 heteroatoms. The molecule has 0 atom stereocenters. The predicted molar refractivity (Wildman–Crippen MR) is 112 cm³/mol. The van der Waals surface area contributed by atoms with Gasteiger partial charge < -0.3 is 4.74 Å². The van der Waals surface area contributed by atoms with Gasteiger partial charge in [0.05, 0.1) is 21.1 Å². The zero-order chi connectivity index (χ0) is 21.9. The molecule has 8 nitrogen and oxygen atoms in total. The first kappa shape index (κ1) is 21.3. The maximum absolute atomic E-state index is 12.7. The highest BCUT2D eigenvalue weighted by Gasteiger charge is 2.21. The van der Waals surface area contributed by atoms with Gasteiger partial charge in [-0.25, -0.2) is 13.2 Å². The van der Waals surface area contributed by atoms with Crippen molar-refractivity contribution in [1.29, 1.82) is 0 Å². The van der Waals surface area contributed by atoms with Gasteiger partial charge in [-0.05, 0) is 54.6 Å². The second-order valence-electron chi connectivity index (χ2n) is 6.12. The van der Waals surface area contributed by atoms with E-state index in [1.165, 1.54) is 73.8 Å². The van der Waals surface area contributed by atoms with Crippen LogP contribution in [0.1, 0.15) is 10.4 Å². The van der Waals surface area contributed by atoms with Crippen molar-refractivity contribution in [2.24, 2.45) is 0 Å². The van der Waals surface area contributed by atoms with Gasteiger partial charge in [-0.1, -0.05) is 17.7 Å². The molecule has 0 heterocycles. The van der Waals surface area contributed by atoms with Gasteiger partial charge >= 0.3 is 5.97 Å². The Bertz CT molecular complexity index is 1190. The van der Waals surface area contributed by atoms with Crippen LogP contribution in [0.15, 0.2) is 77.7 Å². The summed E-state index contributed by atoms with van der Waals surface area (Å²) in [6.45, 7) is 0. The molecule has 0 amide bonds. The largest absolute Gasteiger partial charge is 0.423 e. The van der Waals surface area contributed by atoms with E-state index in [1.54, 1.807) is 0 Å². The lowest BCUT2D eigenvalue weighted by atomic mass is 10.2. The number of nitro benzene ring substituents is 1. The Kier molecular flexibility index (Phi) is 6.04. The van der Waals surface area contributed by atoms with Crippen LogP contribution >= 0.6 is 11.6 Å². The van der Waals surface area contributed by atoms with Crippen molar-refractivity contribution >= 4 is 39.0 Å². The fraction of sp³-hybridized carbons (Fsp3) is 0.0500. The number of nitrogens with zero attached hydrogens (tertiary/aromatic N) is 2. The molecular formula is C20H15ClN2O6S. The summed E-state index contributed by atoms with van der Waals surface area (Å²) >= 11 is 5.80. The van der Waals surface area contributed by atoms with Gasteiger partial charge in [0.2, 0.25) is 0 Å². The van der Waals surface area contributed by atoms with Gasteiger partial charge in [0.1, 0.15) is 5.75 Å². The quantitative estimate of drug-likeness (QED) is 0.242. The summed E-state index contributed by atoms with van der Waals surface area (Å²) < 4.78 is 31.7. The van der Waals surface area contributed by atoms with E-state index >= 15 is 0 Å². The lowest BCUT2D eigenvalue weighted by Crippen LogP contribution is -2.26. The minimum Gasteiger partial charge on any atom is -0.423 e. The molecular weight excluding hydrogens is 432 g/mol. The molecule has 0 unspecified atom stereocenters. The molecule has 0 aromatic heterocycles. The summed E-state index contributed by atoms with van der Waals surface area (Å²) in [6.07, 6.45) is 0. The Balaban J connectivity index is 1.76. The number of nitro groups is 1. The standard InChI is InChI=1S/C20H15ClN2O6S/c1-22(30(27,28)19-11-5-15(21)6-12-19)16-7-9-18(10-8-16)29-20(24)14-3-2-4-17(13-14)23(25)26/h2-13H,1H3. The number of non-ortho nitro benzene ring substituents is 1. The first-order valence-corrected chi connectivity index (χ1v) is 10.3. The molecule has 3 aromatic carbocycles. The zero-order valence-corrected chi connectivity index (χ0v) is 17.1. The third kappa shape index (κ3) is 4.58. The van der Waals surface area contributed by atoms with Crippen molar-refractivity contribution in [1.82, 2.24) is 0 Å². The van der Waals surface area contributed by atoms with Crippen LogP contribution in [0.2, 0.25) is 5.02 Å². The minimum atomic E-state index is -3.80. The number of hydrogen-bond donors (Lipinski definition) is 0. The number of benzene rings is 3. The number of esters is 1. The normalized spacial score (nSPS) is 11.0. The van der Waals surface area contributed by atoms with Crippen molar-refractivity contribution in [3.63, 3.8) is 0 Å². The average Bonchev–Trinajstić information content (AvgIpc) is 2.74. The number of carbonyl (C=O) groups excluding carboxylic acids is 1. The van der Waals surface area contributed by atoms with E-state index < -0.39 is 20.9 Å². The van der Waals surface area contributed by atoms with E-state index in [2.05, 4.69) is 0 Å². The molecule has 0 saturated heterocycles. The SMILES string of the molecule is CN(c1ccc(OC(=O)c2cccc([N+](=O)[O-])c2)cc1)S(=O)(=O)c1ccc(Cl)cc1. The van der Waals surface area contributed by atoms with E-state index in [-0.39, 0.29) is 21.9 Å². The third-order valence-corrected chi connectivity index (χ3v) is 6.23. The van der Waals surface area contributed by atoms with Gasteiger partial charge in [0.15, 0.2) is 0 Å². The summed E-state index contributed by atoms with van der Waals surface area (Å²) in [6, 6.07) is 16.8. The van der Waals surface area contributed by atoms with Crippen LogP contribution in [0, 0.1) is 10.1 Å². The van der Waals surface area contributed by atoms with Gasteiger partial charge in [0.25, 0.3) is 15.7 Å². The van der Waals surface area contributed by atoms with Gasteiger partial charge in [-0.2, -0.15) is 0 Å². The summed E-state index contributed by atoms with van der Waals surface area (Å²) in [5, 5.41) is 11.3. The number of halogens is 1. The van der Waals surface area contributed by atoms with Crippen LogP contribution in [0.4, 0.5) is 11.4 Å². The number of anilines is 1. The van der Waals surface area contributed by atoms with Gasteiger partial charge in [-0.3, -0.25) is 14.4 Å². The minimum absolute atomic E-state index is 0.0238. The van der Waals surface area contributed by atoms with Crippen LogP contribution in [0.3, 0.4) is 0 Å². The molecule has 0 N–H and O–H groups in total. The molecule has 30 heavy (non-hydrogen) atoms. The lowest BCUT2D eigenvalue weighted by molar-refractivity contribution is -0.384. The molecule has 154 valence electrons. The molecule has 0 aliphatic carbocycles. The van der Waals surface area contributed by atoms with Gasteiger partial charge in [-0.15, -0.1) is 0 Å². The van der Waals surface area contributed by atoms with Gasteiger partial charge in [0, 0.05) is 24.2 Å². The maximum Gasteiger partial charge on any atom is 0.343 e. The molecule has 0 aliphatic heterocycles. The van der Waals surface area contributed by atoms with Crippen molar-refractivity contribution in [2.45, 2.75) is 4.90 Å². The van der Waals surface area contributed by atoms with E-state index in [0.717, 1.165) is 10.4 Å². The Morgan fingerprint density at radius 2 is 1.67 bits per heavy atom.